The molecule has 3 heteroatoms. The zero-order valence-electron chi connectivity index (χ0n) is 8.49. The molecule has 0 spiro atoms. The van der Waals surface area contributed by atoms with Crippen LogP contribution in [0.4, 0.5) is 5.69 Å². The Kier molecular flexibility index (Phi) is 5.07. The second-order valence-electron chi connectivity index (χ2n) is 3.33. The van der Waals surface area contributed by atoms with E-state index in [1.54, 1.807) is 0 Å². The van der Waals surface area contributed by atoms with Crippen LogP contribution in [0, 0.1) is 13.0 Å². The average molecular weight is 265 g/mol. The normalized spacial score (nSPS) is 16.2. The van der Waals surface area contributed by atoms with Crippen molar-refractivity contribution in [2.24, 2.45) is 0 Å². The van der Waals surface area contributed by atoms with Crippen molar-refractivity contribution in [2.45, 2.75) is 6.92 Å². The molecule has 0 bridgehead atoms. The molecule has 1 aliphatic heterocycles. The van der Waals surface area contributed by atoms with Crippen molar-refractivity contribution >= 4 is 5.69 Å². The van der Waals surface area contributed by atoms with Crippen molar-refractivity contribution in [1.82, 2.24) is 0 Å². The zero-order valence-corrected chi connectivity index (χ0v) is 11.3. The van der Waals surface area contributed by atoms with Gasteiger partial charge in [0.05, 0.1) is 13.2 Å². The van der Waals surface area contributed by atoms with E-state index in [2.05, 4.69) is 36.1 Å². The minimum Gasteiger partial charge on any atom is -0.419 e. The van der Waals surface area contributed by atoms with Gasteiger partial charge < -0.3 is 9.64 Å². The molecule has 1 aromatic carbocycles. The fraction of sp³-hybridized carbons (Fsp3) is 0.455. The summed E-state index contributed by atoms with van der Waals surface area (Å²) in [5.74, 6) is 0. The molecule has 0 saturated carbocycles. The molecule has 0 atom stereocenters. The Morgan fingerprint density at radius 1 is 1.29 bits per heavy atom. The van der Waals surface area contributed by atoms with E-state index >= 15 is 0 Å². The van der Waals surface area contributed by atoms with Crippen LogP contribution in [0.5, 0.6) is 0 Å². The van der Waals surface area contributed by atoms with Crippen LogP contribution in [0.1, 0.15) is 5.56 Å². The molecule has 2 rings (SSSR count). The number of nitrogens with zero attached hydrogens (tertiary/aromatic N) is 1. The first-order chi connectivity index (χ1) is 6.36. The maximum Gasteiger partial charge on any atom is 0.0632 e. The van der Waals surface area contributed by atoms with Crippen LogP contribution in [-0.4, -0.2) is 26.3 Å². The SMILES string of the molecule is Cc1[c-]cc(N2CCOCC2)cc1.[Y]. The monoisotopic (exact) mass is 265 g/mol. The van der Waals surface area contributed by atoms with Gasteiger partial charge in [0.2, 0.25) is 0 Å². The number of anilines is 1. The van der Waals surface area contributed by atoms with Gasteiger partial charge in [-0.3, -0.25) is 0 Å². The molecule has 73 valence electrons. The van der Waals surface area contributed by atoms with Gasteiger partial charge in [-0.15, -0.1) is 6.07 Å². The molecule has 0 unspecified atom stereocenters. The second kappa shape index (κ2) is 5.84. The topological polar surface area (TPSA) is 12.5 Å². The largest absolute Gasteiger partial charge is 0.419 e. The Balaban J connectivity index is 0.000000980. The summed E-state index contributed by atoms with van der Waals surface area (Å²) in [4.78, 5) is 2.33. The first-order valence-corrected chi connectivity index (χ1v) is 4.67. The average Bonchev–Trinajstić information content (AvgIpc) is 2.20. The molecule has 0 N–H and O–H groups in total. The van der Waals surface area contributed by atoms with Crippen LogP contribution >= 0.6 is 0 Å². The van der Waals surface area contributed by atoms with Gasteiger partial charge in [0.15, 0.2) is 0 Å². The first-order valence-electron chi connectivity index (χ1n) is 4.67. The Bertz CT molecular complexity index is 267. The molecular formula is C11H14NOY-. The third kappa shape index (κ3) is 3.04. The number of ether oxygens (including phenoxy) is 1. The third-order valence-electron chi connectivity index (χ3n) is 2.33. The summed E-state index contributed by atoms with van der Waals surface area (Å²) < 4.78 is 5.29. The maximum atomic E-state index is 5.29. The smallest absolute Gasteiger partial charge is 0.0632 e. The summed E-state index contributed by atoms with van der Waals surface area (Å²) in [7, 11) is 0. The molecule has 1 aliphatic rings. The number of hydrogen-bond acceptors (Lipinski definition) is 2. The molecule has 1 heterocycles. The van der Waals surface area contributed by atoms with Gasteiger partial charge in [-0.05, 0) is 0 Å². The van der Waals surface area contributed by atoms with Crippen LogP contribution in [0.2, 0.25) is 0 Å². The van der Waals surface area contributed by atoms with Gasteiger partial charge >= 0.3 is 0 Å². The van der Waals surface area contributed by atoms with Gasteiger partial charge in [-0.25, -0.2) is 0 Å². The van der Waals surface area contributed by atoms with E-state index in [9.17, 15) is 0 Å². The van der Waals surface area contributed by atoms with Gasteiger partial charge in [-0.1, -0.05) is 12.6 Å². The standard InChI is InChI=1S/C11H14NO.Y/c1-10-2-4-11(5-3-10)12-6-8-13-9-7-12;/h2,4-5H,6-9H2,1H3;/q-1;. The predicted octanol–water partition coefficient (Wildman–Crippen LogP) is 1.63. The predicted molar refractivity (Wildman–Crippen MR) is 53.0 cm³/mol. The number of hydrogen-bond donors (Lipinski definition) is 0. The fourth-order valence-electron chi connectivity index (χ4n) is 1.51. The van der Waals surface area contributed by atoms with Crippen molar-refractivity contribution in [3.8, 4) is 0 Å². The summed E-state index contributed by atoms with van der Waals surface area (Å²) in [6.45, 7) is 5.73. The van der Waals surface area contributed by atoms with Crippen molar-refractivity contribution in [3.63, 3.8) is 0 Å². The molecule has 2 nitrogen and oxygen atoms in total. The molecule has 1 saturated heterocycles. The van der Waals surface area contributed by atoms with Gasteiger partial charge in [0.1, 0.15) is 0 Å². The van der Waals surface area contributed by atoms with Crippen LogP contribution in [-0.2, 0) is 37.4 Å². The summed E-state index contributed by atoms with van der Waals surface area (Å²) in [6.07, 6.45) is 0. The Morgan fingerprint density at radius 3 is 2.57 bits per heavy atom. The molecule has 0 aromatic heterocycles. The Hall–Kier alpha value is 0.0839. The summed E-state index contributed by atoms with van der Waals surface area (Å²) in [5.41, 5.74) is 2.45. The third-order valence-corrected chi connectivity index (χ3v) is 2.33. The van der Waals surface area contributed by atoms with Gasteiger partial charge in [-0.2, -0.15) is 23.8 Å². The van der Waals surface area contributed by atoms with E-state index in [0.717, 1.165) is 26.3 Å². The summed E-state index contributed by atoms with van der Waals surface area (Å²) in [6, 6.07) is 9.52. The fourth-order valence-corrected chi connectivity index (χ4v) is 1.51. The first kappa shape index (κ1) is 12.2. The molecule has 1 aromatic rings. The van der Waals surface area contributed by atoms with E-state index < -0.39 is 0 Å². The van der Waals surface area contributed by atoms with Gasteiger partial charge in [0.25, 0.3) is 0 Å². The minimum absolute atomic E-state index is 0. The zero-order chi connectivity index (χ0) is 9.10. The van der Waals surface area contributed by atoms with Crippen LogP contribution in [0.15, 0.2) is 18.2 Å². The van der Waals surface area contributed by atoms with E-state index in [1.807, 2.05) is 0 Å². The molecule has 1 radical (unpaired) electrons. The van der Waals surface area contributed by atoms with Crippen molar-refractivity contribution in [3.05, 3.63) is 29.8 Å². The molecule has 1 fully saturated rings. The van der Waals surface area contributed by atoms with Crippen LogP contribution in [0.3, 0.4) is 0 Å². The Labute approximate surface area is 111 Å². The van der Waals surface area contributed by atoms with E-state index in [4.69, 9.17) is 4.74 Å². The maximum absolute atomic E-state index is 5.29. The van der Waals surface area contributed by atoms with Crippen LogP contribution < -0.4 is 4.90 Å². The number of benzene rings is 1. The number of morpholine rings is 1. The Morgan fingerprint density at radius 2 is 2.00 bits per heavy atom. The number of rotatable bonds is 1. The van der Waals surface area contributed by atoms with Crippen molar-refractivity contribution in [1.29, 1.82) is 0 Å². The minimum atomic E-state index is 0. The second-order valence-corrected chi connectivity index (χ2v) is 3.33. The van der Waals surface area contributed by atoms with Crippen molar-refractivity contribution < 1.29 is 37.4 Å². The summed E-state index contributed by atoms with van der Waals surface area (Å²) >= 11 is 0. The molecule has 14 heavy (non-hydrogen) atoms. The van der Waals surface area contributed by atoms with Crippen LogP contribution in [0.25, 0.3) is 0 Å². The van der Waals surface area contributed by atoms with E-state index in [0.29, 0.717) is 0 Å². The molecule has 0 aliphatic carbocycles. The molecule has 0 amide bonds. The quantitative estimate of drug-likeness (QED) is 0.716. The van der Waals surface area contributed by atoms with Gasteiger partial charge in [0, 0.05) is 45.8 Å². The number of aryl methyl sites for hydroxylation is 1. The summed E-state index contributed by atoms with van der Waals surface area (Å²) in [5, 5.41) is 0. The van der Waals surface area contributed by atoms with Crippen molar-refractivity contribution in [2.75, 3.05) is 31.2 Å². The molecular weight excluding hydrogens is 251 g/mol. The van der Waals surface area contributed by atoms with E-state index in [1.165, 1.54) is 11.3 Å². The van der Waals surface area contributed by atoms with E-state index in [-0.39, 0.29) is 32.7 Å².